The quantitative estimate of drug-likeness (QED) is 0.582. The van der Waals surface area contributed by atoms with Gasteiger partial charge in [-0.15, -0.1) is 0 Å². The zero-order chi connectivity index (χ0) is 18.6. The Bertz CT molecular complexity index is 935. The minimum absolute atomic E-state index is 0. The Kier molecular flexibility index (Phi) is 6.92. The molecule has 146 valence electrons. The lowest BCUT2D eigenvalue weighted by molar-refractivity contribution is 0.160. The lowest BCUT2D eigenvalue weighted by Crippen LogP contribution is -2.60. The van der Waals surface area contributed by atoms with Crippen LogP contribution in [0.1, 0.15) is 14.8 Å². The molecule has 27 heavy (non-hydrogen) atoms. The highest BCUT2D eigenvalue weighted by Crippen LogP contribution is 2.32. The topological polar surface area (TPSA) is 134 Å². The molecule has 0 amide bonds. The molecule has 5 N–H and O–H groups in total. The van der Waals surface area contributed by atoms with Crippen molar-refractivity contribution in [1.29, 1.82) is 5.26 Å². The molecule has 0 aliphatic carbocycles. The molecule has 10 heteroatoms. The summed E-state index contributed by atoms with van der Waals surface area (Å²) in [4.78, 5) is 7.01. The van der Waals surface area contributed by atoms with Crippen LogP contribution in [0.4, 0.5) is 4.39 Å². The van der Waals surface area contributed by atoms with Crippen molar-refractivity contribution in [3.63, 3.8) is 0 Å². The summed E-state index contributed by atoms with van der Waals surface area (Å²) < 4.78 is 23.8. The average molecular weight is 394 g/mol. The number of hydrogen-bond acceptors (Lipinski definition) is 6. The van der Waals surface area contributed by atoms with Gasteiger partial charge in [-0.2, -0.15) is 10.4 Å². The molecule has 1 fully saturated rings. The van der Waals surface area contributed by atoms with E-state index < -0.39 is 0 Å². The number of rotatable bonds is 4. The van der Waals surface area contributed by atoms with Gasteiger partial charge in [0.1, 0.15) is 17.0 Å². The van der Waals surface area contributed by atoms with Crippen molar-refractivity contribution in [3.8, 4) is 17.2 Å². The monoisotopic (exact) mass is 394 g/mol. The first-order valence-corrected chi connectivity index (χ1v) is 9.10. The van der Waals surface area contributed by atoms with Crippen LogP contribution in [0.2, 0.25) is 0 Å². The Balaban J connectivity index is 0.000000601. The Morgan fingerprint density at radius 1 is 1.48 bits per heavy atom. The maximum atomic E-state index is 14.3. The van der Waals surface area contributed by atoms with E-state index in [4.69, 9.17) is 9.81 Å². The van der Waals surface area contributed by atoms with Crippen LogP contribution in [-0.4, -0.2) is 48.6 Å². The summed E-state index contributed by atoms with van der Waals surface area (Å²) in [5, 5.41) is 17.3. The first-order chi connectivity index (χ1) is 12.6. The van der Waals surface area contributed by atoms with Crippen molar-refractivity contribution < 1.29 is 15.8 Å². The number of halogens is 1. The van der Waals surface area contributed by atoms with E-state index in [2.05, 4.69) is 26.5 Å². The summed E-state index contributed by atoms with van der Waals surface area (Å²) in [5.41, 5.74) is 1.49. The summed E-state index contributed by atoms with van der Waals surface area (Å²) in [6, 6.07) is 4.00. The molecule has 3 aromatic rings. The number of fused-ring (bicyclic) bond motifs is 1. The van der Waals surface area contributed by atoms with Gasteiger partial charge in [-0.1, -0.05) is 6.92 Å². The van der Waals surface area contributed by atoms with Crippen LogP contribution < -0.4 is 5.32 Å². The molecule has 0 atom stereocenters. The molecule has 0 spiro atoms. The van der Waals surface area contributed by atoms with Gasteiger partial charge in [0.15, 0.2) is 0 Å². The first-order valence-electron chi connectivity index (χ1n) is 8.16. The minimum atomic E-state index is -0.382. The zero-order valence-electron chi connectivity index (χ0n) is 14.7. The molecule has 3 aromatic heterocycles. The Labute approximate surface area is 161 Å². The van der Waals surface area contributed by atoms with Crippen LogP contribution in [-0.2, 0) is 5.54 Å². The van der Waals surface area contributed by atoms with E-state index in [1.54, 1.807) is 23.1 Å². The molecule has 1 saturated heterocycles. The van der Waals surface area contributed by atoms with Gasteiger partial charge in [0, 0.05) is 49.2 Å². The van der Waals surface area contributed by atoms with Crippen molar-refractivity contribution in [2.45, 2.75) is 18.9 Å². The second-order valence-electron chi connectivity index (χ2n) is 5.98. The third kappa shape index (κ3) is 3.96. The summed E-state index contributed by atoms with van der Waals surface area (Å²) in [6.45, 7) is 3.28. The zero-order valence-corrected chi connectivity index (χ0v) is 15.6. The van der Waals surface area contributed by atoms with Crippen LogP contribution in [0.3, 0.4) is 0 Å². The van der Waals surface area contributed by atoms with Gasteiger partial charge in [-0.05, 0) is 18.1 Å². The molecular weight excluding hydrogens is 371 g/mol. The largest absolute Gasteiger partial charge is 0.412 e. The van der Waals surface area contributed by atoms with Gasteiger partial charge in [-0.3, -0.25) is 4.68 Å². The Morgan fingerprint density at radius 3 is 2.81 bits per heavy atom. The standard InChI is InChI=1S/C15H13FN6.C2H6OS.H2O.H2/c16-12-6-20-14-11(1-4-19-14)13(12)10-5-21-22(7-10)15(2-3-17)8-18-9-15;1-2-4-3;;/h1,4-7,18H,2,8-9H2,(H,19,20);3H,2H2,1H3;1H2;1H. The molecule has 8 nitrogen and oxygen atoms in total. The lowest BCUT2D eigenvalue weighted by atomic mass is 9.89. The molecule has 1 aliphatic heterocycles. The number of pyridine rings is 1. The molecule has 0 bridgehead atoms. The van der Waals surface area contributed by atoms with Crippen molar-refractivity contribution in [2.24, 2.45) is 0 Å². The molecule has 1 aliphatic rings. The van der Waals surface area contributed by atoms with E-state index in [1.807, 2.05) is 13.1 Å². The maximum Gasteiger partial charge on any atom is 0.150 e. The summed E-state index contributed by atoms with van der Waals surface area (Å²) in [5.74, 6) is 0.410. The van der Waals surface area contributed by atoms with Crippen LogP contribution in [0.5, 0.6) is 0 Å². The van der Waals surface area contributed by atoms with Crippen LogP contribution in [0.25, 0.3) is 22.2 Å². The average Bonchev–Trinajstić information content (AvgIpc) is 3.28. The fourth-order valence-electron chi connectivity index (χ4n) is 2.92. The van der Waals surface area contributed by atoms with E-state index in [0.29, 0.717) is 36.3 Å². The van der Waals surface area contributed by atoms with E-state index >= 15 is 0 Å². The third-order valence-corrected chi connectivity index (χ3v) is 4.60. The SMILES string of the molecule is CCSO.N#CCC1(n2cc(-c3c(F)cnc4[nH]ccc34)cn2)CNC1.O.[HH]. The van der Waals surface area contributed by atoms with Gasteiger partial charge >= 0.3 is 0 Å². The smallest absolute Gasteiger partial charge is 0.150 e. The summed E-state index contributed by atoms with van der Waals surface area (Å²) in [6.07, 6.45) is 6.77. The minimum Gasteiger partial charge on any atom is -0.412 e. The van der Waals surface area contributed by atoms with Crippen LogP contribution in [0, 0.1) is 17.1 Å². The Morgan fingerprint density at radius 2 is 2.22 bits per heavy atom. The molecule has 0 unspecified atom stereocenters. The highest BCUT2D eigenvalue weighted by Gasteiger charge is 2.39. The number of nitrogens with one attached hydrogen (secondary N) is 2. The van der Waals surface area contributed by atoms with E-state index in [-0.39, 0.29) is 18.3 Å². The summed E-state index contributed by atoms with van der Waals surface area (Å²) >= 11 is 0.856. The van der Waals surface area contributed by atoms with Gasteiger partial charge in [-0.25, -0.2) is 9.37 Å². The molecule has 4 heterocycles. The van der Waals surface area contributed by atoms with Crippen molar-refractivity contribution in [2.75, 3.05) is 18.8 Å². The highest BCUT2D eigenvalue weighted by atomic mass is 32.2. The summed E-state index contributed by atoms with van der Waals surface area (Å²) in [7, 11) is 0. The number of aromatic nitrogens is 4. The third-order valence-electron chi connectivity index (χ3n) is 4.34. The highest BCUT2D eigenvalue weighted by molar-refractivity contribution is 7.93. The molecule has 0 radical (unpaired) electrons. The molecular formula is C17H23FN6O2S. The van der Waals surface area contributed by atoms with Crippen LogP contribution in [0.15, 0.2) is 30.9 Å². The van der Waals surface area contributed by atoms with Crippen LogP contribution >= 0.6 is 12.0 Å². The lowest BCUT2D eigenvalue weighted by Gasteiger charge is -2.41. The number of H-pyrrole nitrogens is 1. The Hall–Kier alpha value is -2.45. The van der Waals surface area contributed by atoms with Crippen molar-refractivity contribution in [1.82, 2.24) is 25.1 Å². The van der Waals surface area contributed by atoms with Crippen molar-refractivity contribution in [3.05, 3.63) is 36.7 Å². The molecule has 0 aromatic carbocycles. The molecule has 0 saturated carbocycles. The fourth-order valence-corrected chi connectivity index (χ4v) is 2.92. The fraction of sp³-hybridized carbons (Fsp3) is 0.353. The van der Waals surface area contributed by atoms with Crippen molar-refractivity contribution >= 4 is 23.1 Å². The van der Waals surface area contributed by atoms with Gasteiger partial charge in [0.25, 0.3) is 0 Å². The molecule has 4 rings (SSSR count). The predicted octanol–water partition coefficient (Wildman–Crippen LogP) is 2.41. The van der Waals surface area contributed by atoms with Gasteiger partial charge in [0.2, 0.25) is 0 Å². The van der Waals surface area contributed by atoms with E-state index in [1.165, 1.54) is 6.20 Å². The first kappa shape index (κ1) is 20.9. The number of hydrogen-bond donors (Lipinski definition) is 3. The second-order valence-corrected chi connectivity index (χ2v) is 6.81. The normalized spacial score (nSPS) is 14.4. The second kappa shape index (κ2) is 8.96. The number of nitrogens with zero attached hydrogens (tertiary/aromatic N) is 4. The van der Waals surface area contributed by atoms with Gasteiger partial charge < -0.3 is 20.3 Å². The van der Waals surface area contributed by atoms with Gasteiger partial charge in [0.05, 0.1) is 24.9 Å². The predicted molar refractivity (Wildman–Crippen MR) is 105 cm³/mol. The maximum absolute atomic E-state index is 14.3. The van der Waals surface area contributed by atoms with E-state index in [0.717, 1.165) is 23.2 Å². The number of nitriles is 1. The van der Waals surface area contributed by atoms with E-state index in [9.17, 15) is 4.39 Å². The number of aromatic amines is 1.